The number of likely N-dealkylation sites (N-methyl/N-ethyl adjacent to an activating group) is 1. The quantitative estimate of drug-likeness (QED) is 0.804. The third-order valence-electron chi connectivity index (χ3n) is 3.34. The average molecular weight is 296 g/mol. The van der Waals surface area contributed by atoms with Gasteiger partial charge in [-0.3, -0.25) is 4.79 Å². The molecule has 106 valence electrons. The molecule has 0 saturated heterocycles. The second-order valence-electron chi connectivity index (χ2n) is 4.71. The van der Waals surface area contributed by atoms with Crippen molar-refractivity contribution in [2.75, 3.05) is 7.05 Å². The lowest BCUT2D eigenvalue weighted by Crippen LogP contribution is -2.27. The molecule has 0 N–H and O–H groups in total. The summed E-state index contributed by atoms with van der Waals surface area (Å²) in [6.07, 6.45) is 3.33. The Balaban J connectivity index is 2.03. The molecule has 0 fully saturated rings. The van der Waals surface area contributed by atoms with Crippen LogP contribution in [0.5, 0.6) is 0 Å². The summed E-state index contributed by atoms with van der Waals surface area (Å²) < 4.78 is 0. The fraction of sp³-hybridized carbons (Fsp3) is 0.176. The molecule has 0 radical (unpaired) electrons. The highest BCUT2D eigenvalue weighted by Crippen LogP contribution is 2.23. The lowest BCUT2D eigenvalue weighted by molar-refractivity contribution is -0.126. The summed E-state index contributed by atoms with van der Waals surface area (Å²) in [5.41, 5.74) is 1.52. The molecule has 0 bridgehead atoms. The SMILES string of the molecule is C[C@@H](c1cccs1)N(C)C(=O)/C=C/c1ccc(C#N)cc1. The van der Waals surface area contributed by atoms with Crippen LogP contribution in [0.1, 0.15) is 29.0 Å². The van der Waals surface area contributed by atoms with Crippen LogP contribution in [-0.2, 0) is 4.79 Å². The van der Waals surface area contributed by atoms with E-state index in [1.807, 2.05) is 36.6 Å². The number of carbonyl (C=O) groups excluding carboxylic acids is 1. The Morgan fingerprint density at radius 2 is 2.05 bits per heavy atom. The molecule has 1 atom stereocenters. The van der Waals surface area contributed by atoms with Gasteiger partial charge in [-0.1, -0.05) is 18.2 Å². The van der Waals surface area contributed by atoms with Gasteiger partial charge in [0.05, 0.1) is 17.7 Å². The van der Waals surface area contributed by atoms with Crippen molar-refractivity contribution in [1.82, 2.24) is 4.90 Å². The molecule has 1 aromatic carbocycles. The highest BCUT2D eigenvalue weighted by molar-refractivity contribution is 7.10. The van der Waals surface area contributed by atoms with Crippen LogP contribution in [0.3, 0.4) is 0 Å². The molecule has 0 aliphatic rings. The van der Waals surface area contributed by atoms with Crippen LogP contribution in [0.15, 0.2) is 47.9 Å². The molecule has 4 heteroatoms. The summed E-state index contributed by atoms with van der Waals surface area (Å²) in [5.74, 6) is -0.0414. The second kappa shape index (κ2) is 6.87. The first-order valence-corrected chi connectivity index (χ1v) is 7.48. The van der Waals surface area contributed by atoms with Gasteiger partial charge in [-0.25, -0.2) is 0 Å². The lowest BCUT2D eigenvalue weighted by atomic mass is 10.1. The molecule has 3 nitrogen and oxygen atoms in total. The van der Waals surface area contributed by atoms with Crippen LogP contribution in [0.4, 0.5) is 0 Å². The van der Waals surface area contributed by atoms with Crippen LogP contribution in [0.25, 0.3) is 6.08 Å². The highest BCUT2D eigenvalue weighted by atomic mass is 32.1. The second-order valence-corrected chi connectivity index (χ2v) is 5.69. The number of nitrogens with zero attached hydrogens (tertiary/aromatic N) is 2. The van der Waals surface area contributed by atoms with E-state index >= 15 is 0 Å². The Bertz CT molecular complexity index is 666. The van der Waals surface area contributed by atoms with Crippen molar-refractivity contribution in [1.29, 1.82) is 5.26 Å². The zero-order chi connectivity index (χ0) is 15.2. The Morgan fingerprint density at radius 1 is 1.33 bits per heavy atom. The normalized spacial score (nSPS) is 12.0. The minimum Gasteiger partial charge on any atom is -0.335 e. The van der Waals surface area contributed by atoms with Crippen molar-refractivity contribution in [3.05, 3.63) is 63.9 Å². The van der Waals surface area contributed by atoms with E-state index in [4.69, 9.17) is 5.26 Å². The molecule has 1 aromatic heterocycles. The van der Waals surface area contributed by atoms with E-state index in [2.05, 4.69) is 6.07 Å². The monoisotopic (exact) mass is 296 g/mol. The summed E-state index contributed by atoms with van der Waals surface area (Å²) in [5, 5.41) is 10.8. The molecule has 2 aromatic rings. The van der Waals surface area contributed by atoms with Gasteiger partial charge < -0.3 is 4.90 Å². The Morgan fingerprint density at radius 3 is 2.62 bits per heavy atom. The Kier molecular flexibility index (Phi) is 4.91. The van der Waals surface area contributed by atoms with Crippen molar-refractivity contribution in [2.45, 2.75) is 13.0 Å². The van der Waals surface area contributed by atoms with Gasteiger partial charge in [0.2, 0.25) is 5.91 Å². The van der Waals surface area contributed by atoms with Crippen molar-refractivity contribution in [2.24, 2.45) is 0 Å². The summed E-state index contributed by atoms with van der Waals surface area (Å²) in [6, 6.07) is 13.3. The van der Waals surface area contributed by atoms with E-state index in [1.54, 1.807) is 47.6 Å². The van der Waals surface area contributed by atoms with Crippen molar-refractivity contribution >= 4 is 23.3 Å². The molecule has 0 spiro atoms. The third kappa shape index (κ3) is 3.80. The minimum absolute atomic E-state index is 0.0414. The van der Waals surface area contributed by atoms with E-state index in [9.17, 15) is 4.79 Å². The molecule has 21 heavy (non-hydrogen) atoms. The number of nitriles is 1. The van der Waals surface area contributed by atoms with Gasteiger partial charge in [0.25, 0.3) is 0 Å². The van der Waals surface area contributed by atoms with Crippen LogP contribution >= 0.6 is 11.3 Å². The van der Waals surface area contributed by atoms with Gasteiger partial charge >= 0.3 is 0 Å². The van der Waals surface area contributed by atoms with E-state index in [1.165, 1.54) is 0 Å². The fourth-order valence-electron chi connectivity index (χ4n) is 1.86. The van der Waals surface area contributed by atoms with Gasteiger partial charge in [-0.2, -0.15) is 5.26 Å². The number of hydrogen-bond acceptors (Lipinski definition) is 3. The number of benzene rings is 1. The number of thiophene rings is 1. The fourth-order valence-corrected chi connectivity index (χ4v) is 2.69. The highest BCUT2D eigenvalue weighted by Gasteiger charge is 2.15. The number of rotatable bonds is 4. The van der Waals surface area contributed by atoms with E-state index in [0.29, 0.717) is 5.56 Å². The maximum atomic E-state index is 12.2. The van der Waals surface area contributed by atoms with Gasteiger partial charge in [-0.15, -0.1) is 11.3 Å². The predicted molar refractivity (Wildman–Crippen MR) is 85.7 cm³/mol. The van der Waals surface area contributed by atoms with Crippen molar-refractivity contribution in [3.63, 3.8) is 0 Å². The first-order valence-electron chi connectivity index (χ1n) is 6.60. The average Bonchev–Trinajstić information content (AvgIpc) is 3.06. The smallest absolute Gasteiger partial charge is 0.246 e. The molecular formula is C17H16N2OS. The van der Waals surface area contributed by atoms with Crippen LogP contribution in [-0.4, -0.2) is 17.9 Å². The van der Waals surface area contributed by atoms with Gasteiger partial charge in [0, 0.05) is 18.0 Å². The predicted octanol–water partition coefficient (Wildman–Crippen LogP) is 3.85. The number of hydrogen-bond donors (Lipinski definition) is 0. The van der Waals surface area contributed by atoms with Gasteiger partial charge in [0.1, 0.15) is 0 Å². The standard InChI is InChI=1S/C17H16N2OS/c1-13(16-4-3-11-21-16)19(2)17(20)10-9-14-5-7-15(12-18)8-6-14/h3-11,13H,1-2H3/b10-9+/t13-/m0/s1. The topological polar surface area (TPSA) is 44.1 Å². The molecule has 0 aliphatic carbocycles. The van der Waals surface area contributed by atoms with Crippen LogP contribution < -0.4 is 0 Å². The lowest BCUT2D eigenvalue weighted by Gasteiger charge is -2.22. The van der Waals surface area contributed by atoms with Gasteiger partial charge in [-0.05, 0) is 42.1 Å². The molecule has 2 rings (SSSR count). The maximum Gasteiger partial charge on any atom is 0.246 e. The first-order chi connectivity index (χ1) is 10.1. The molecule has 0 aliphatic heterocycles. The molecule has 1 heterocycles. The van der Waals surface area contributed by atoms with Crippen LogP contribution in [0, 0.1) is 11.3 Å². The number of carbonyl (C=O) groups is 1. The maximum absolute atomic E-state index is 12.2. The summed E-state index contributed by atoms with van der Waals surface area (Å²) in [6.45, 7) is 2.01. The minimum atomic E-state index is -0.0414. The molecule has 1 amide bonds. The van der Waals surface area contributed by atoms with E-state index in [-0.39, 0.29) is 11.9 Å². The largest absolute Gasteiger partial charge is 0.335 e. The Hall–Kier alpha value is -2.38. The zero-order valence-electron chi connectivity index (χ0n) is 12.0. The van der Waals surface area contributed by atoms with Gasteiger partial charge in [0.15, 0.2) is 0 Å². The van der Waals surface area contributed by atoms with Crippen LogP contribution in [0.2, 0.25) is 0 Å². The molecular weight excluding hydrogens is 280 g/mol. The van der Waals surface area contributed by atoms with Crippen molar-refractivity contribution in [3.8, 4) is 6.07 Å². The Labute approximate surface area is 128 Å². The molecule has 0 unspecified atom stereocenters. The summed E-state index contributed by atoms with van der Waals surface area (Å²) in [7, 11) is 1.80. The zero-order valence-corrected chi connectivity index (χ0v) is 12.8. The van der Waals surface area contributed by atoms with E-state index < -0.39 is 0 Å². The summed E-state index contributed by atoms with van der Waals surface area (Å²) in [4.78, 5) is 15.0. The first kappa shape index (κ1) is 15.0. The van der Waals surface area contributed by atoms with E-state index in [0.717, 1.165) is 10.4 Å². The van der Waals surface area contributed by atoms with Crippen molar-refractivity contribution < 1.29 is 4.79 Å². The molecule has 0 saturated carbocycles. The summed E-state index contributed by atoms with van der Waals surface area (Å²) >= 11 is 1.65. The number of amides is 1. The third-order valence-corrected chi connectivity index (χ3v) is 4.38.